The van der Waals surface area contributed by atoms with Gasteiger partial charge in [0.1, 0.15) is 0 Å². The van der Waals surface area contributed by atoms with E-state index in [-0.39, 0.29) is 0 Å². The van der Waals surface area contributed by atoms with Crippen LogP contribution in [0.5, 0.6) is 0 Å². The van der Waals surface area contributed by atoms with Gasteiger partial charge in [-0.3, -0.25) is 4.90 Å². The summed E-state index contributed by atoms with van der Waals surface area (Å²) in [6.45, 7) is 9.68. The van der Waals surface area contributed by atoms with E-state index in [9.17, 15) is 0 Å². The Labute approximate surface area is 108 Å². The smallest absolute Gasteiger partial charge is 0.0331 e. The van der Waals surface area contributed by atoms with Gasteiger partial charge in [-0.25, -0.2) is 0 Å². The lowest BCUT2D eigenvalue weighted by Crippen LogP contribution is -2.41. The lowest BCUT2D eigenvalue weighted by atomic mass is 9.87. The molecule has 1 aromatic rings. The van der Waals surface area contributed by atoms with Crippen molar-refractivity contribution in [3.8, 4) is 0 Å². The molecule has 94 valence electrons. The summed E-state index contributed by atoms with van der Waals surface area (Å²) in [5.41, 5.74) is 2.07. The average molecular weight is 250 g/mol. The Morgan fingerprint density at radius 1 is 1.59 bits per heavy atom. The van der Waals surface area contributed by atoms with Gasteiger partial charge in [-0.2, -0.15) is 0 Å². The predicted octanol–water partition coefficient (Wildman–Crippen LogP) is 2.67. The van der Waals surface area contributed by atoms with Crippen LogP contribution < -0.4 is 5.32 Å². The number of nitrogens with one attached hydrogen (secondary N) is 1. The molecule has 2 nitrogen and oxygen atoms in total. The molecule has 1 aromatic heterocycles. The maximum absolute atomic E-state index is 3.51. The van der Waals surface area contributed by atoms with Crippen LogP contribution in [0.4, 0.5) is 0 Å². The molecular formula is C14H22N2S. The number of hydrogen-bond donors (Lipinski definition) is 1. The topological polar surface area (TPSA) is 15.3 Å². The van der Waals surface area contributed by atoms with Crippen molar-refractivity contribution in [2.45, 2.75) is 32.7 Å². The molecule has 0 saturated carbocycles. The third-order valence-electron chi connectivity index (χ3n) is 4.45. The molecular weight excluding hydrogens is 228 g/mol. The van der Waals surface area contributed by atoms with Crippen LogP contribution >= 0.6 is 11.3 Å². The van der Waals surface area contributed by atoms with Crippen LogP contribution in [0, 0.1) is 5.41 Å². The van der Waals surface area contributed by atoms with Gasteiger partial charge in [-0.05, 0) is 48.7 Å². The van der Waals surface area contributed by atoms with Crippen molar-refractivity contribution >= 4 is 11.3 Å². The second kappa shape index (κ2) is 4.38. The van der Waals surface area contributed by atoms with Crippen LogP contribution in [-0.4, -0.2) is 31.1 Å². The minimum absolute atomic E-state index is 0.488. The fraction of sp³-hybridized carbons (Fsp3) is 0.714. The van der Waals surface area contributed by atoms with Gasteiger partial charge >= 0.3 is 0 Å². The van der Waals surface area contributed by atoms with E-state index >= 15 is 0 Å². The minimum Gasteiger partial charge on any atom is -0.316 e. The first-order valence-electron chi connectivity index (χ1n) is 6.69. The van der Waals surface area contributed by atoms with E-state index in [0.717, 1.165) is 0 Å². The Morgan fingerprint density at radius 3 is 3.24 bits per heavy atom. The summed E-state index contributed by atoms with van der Waals surface area (Å²) in [6, 6.07) is 2.94. The Morgan fingerprint density at radius 2 is 2.47 bits per heavy atom. The Bertz CT molecular complexity index is 393. The van der Waals surface area contributed by atoms with Gasteiger partial charge in [-0.1, -0.05) is 6.92 Å². The minimum atomic E-state index is 0.488. The molecule has 0 radical (unpaired) electrons. The van der Waals surface area contributed by atoms with Crippen molar-refractivity contribution in [3.05, 3.63) is 21.9 Å². The summed E-state index contributed by atoms with van der Waals surface area (Å²) in [4.78, 5) is 4.30. The molecule has 2 unspecified atom stereocenters. The molecule has 1 fully saturated rings. The standard InChI is InChI=1S/C14H22N2S/c1-11-12-4-8-17-13(12)3-7-16(11)10-14(2)5-6-15-9-14/h4,8,11,15H,3,5-7,9-10H2,1-2H3. The molecule has 0 amide bonds. The summed E-state index contributed by atoms with van der Waals surface area (Å²) < 4.78 is 0. The monoisotopic (exact) mass is 250 g/mol. The quantitative estimate of drug-likeness (QED) is 0.868. The van der Waals surface area contributed by atoms with Gasteiger partial charge < -0.3 is 5.32 Å². The van der Waals surface area contributed by atoms with Crippen molar-refractivity contribution in [1.82, 2.24) is 10.2 Å². The first-order valence-corrected chi connectivity index (χ1v) is 7.57. The second-order valence-electron chi connectivity index (χ2n) is 5.93. The molecule has 0 aromatic carbocycles. The van der Waals surface area contributed by atoms with Gasteiger partial charge in [-0.15, -0.1) is 11.3 Å². The van der Waals surface area contributed by atoms with Crippen molar-refractivity contribution in [2.75, 3.05) is 26.2 Å². The van der Waals surface area contributed by atoms with Crippen molar-refractivity contribution in [1.29, 1.82) is 0 Å². The molecule has 2 atom stereocenters. The highest BCUT2D eigenvalue weighted by Crippen LogP contribution is 2.36. The molecule has 3 heterocycles. The van der Waals surface area contributed by atoms with Crippen molar-refractivity contribution in [3.63, 3.8) is 0 Å². The van der Waals surface area contributed by atoms with Gasteiger partial charge in [0.2, 0.25) is 0 Å². The fourth-order valence-electron chi connectivity index (χ4n) is 3.27. The zero-order valence-corrected chi connectivity index (χ0v) is 11.6. The van der Waals surface area contributed by atoms with Crippen LogP contribution in [0.25, 0.3) is 0 Å². The first-order chi connectivity index (χ1) is 8.18. The SMILES string of the molecule is CC1c2ccsc2CCN1CC1(C)CCNC1. The molecule has 17 heavy (non-hydrogen) atoms. The Hall–Kier alpha value is -0.380. The highest BCUT2D eigenvalue weighted by atomic mass is 32.1. The third kappa shape index (κ3) is 2.16. The molecule has 0 spiro atoms. The molecule has 1 saturated heterocycles. The van der Waals surface area contributed by atoms with E-state index in [1.54, 1.807) is 10.4 Å². The third-order valence-corrected chi connectivity index (χ3v) is 5.44. The van der Waals surface area contributed by atoms with Crippen LogP contribution in [-0.2, 0) is 6.42 Å². The Balaban J connectivity index is 1.73. The molecule has 1 N–H and O–H groups in total. The van der Waals surface area contributed by atoms with E-state index in [1.807, 2.05) is 11.3 Å². The summed E-state index contributed by atoms with van der Waals surface area (Å²) in [5, 5.41) is 5.76. The van der Waals surface area contributed by atoms with Crippen LogP contribution in [0.15, 0.2) is 11.4 Å². The summed E-state index contributed by atoms with van der Waals surface area (Å²) in [7, 11) is 0. The number of thiophene rings is 1. The molecule has 3 heteroatoms. The van der Waals surface area contributed by atoms with Crippen molar-refractivity contribution < 1.29 is 0 Å². The van der Waals surface area contributed by atoms with Crippen LogP contribution in [0.2, 0.25) is 0 Å². The molecule has 0 aliphatic carbocycles. The van der Waals surface area contributed by atoms with Crippen LogP contribution in [0.3, 0.4) is 0 Å². The highest BCUT2D eigenvalue weighted by molar-refractivity contribution is 7.10. The lowest BCUT2D eigenvalue weighted by molar-refractivity contribution is 0.130. The van der Waals surface area contributed by atoms with E-state index in [1.165, 1.54) is 39.0 Å². The molecule has 2 aliphatic heterocycles. The lowest BCUT2D eigenvalue weighted by Gasteiger charge is -2.38. The fourth-order valence-corrected chi connectivity index (χ4v) is 4.23. The number of hydrogen-bond acceptors (Lipinski definition) is 3. The number of rotatable bonds is 2. The van der Waals surface area contributed by atoms with E-state index < -0.39 is 0 Å². The largest absolute Gasteiger partial charge is 0.316 e. The summed E-state index contributed by atoms with van der Waals surface area (Å²) in [5.74, 6) is 0. The maximum atomic E-state index is 3.51. The Kier molecular flexibility index (Phi) is 3.01. The predicted molar refractivity (Wildman–Crippen MR) is 73.6 cm³/mol. The maximum Gasteiger partial charge on any atom is 0.0331 e. The zero-order valence-electron chi connectivity index (χ0n) is 10.8. The van der Waals surface area contributed by atoms with E-state index in [0.29, 0.717) is 11.5 Å². The van der Waals surface area contributed by atoms with Crippen LogP contribution in [0.1, 0.15) is 36.8 Å². The van der Waals surface area contributed by atoms with E-state index in [4.69, 9.17) is 0 Å². The normalized spacial score (nSPS) is 33.9. The van der Waals surface area contributed by atoms with Gasteiger partial charge in [0, 0.05) is 30.6 Å². The van der Waals surface area contributed by atoms with Gasteiger partial charge in [0.15, 0.2) is 0 Å². The zero-order chi connectivity index (χ0) is 11.9. The molecule has 3 rings (SSSR count). The average Bonchev–Trinajstić information content (AvgIpc) is 2.92. The summed E-state index contributed by atoms with van der Waals surface area (Å²) in [6.07, 6.45) is 2.58. The number of fused-ring (bicyclic) bond motifs is 1. The molecule has 0 bridgehead atoms. The second-order valence-corrected chi connectivity index (χ2v) is 6.93. The van der Waals surface area contributed by atoms with Gasteiger partial charge in [0.05, 0.1) is 0 Å². The van der Waals surface area contributed by atoms with Gasteiger partial charge in [0.25, 0.3) is 0 Å². The van der Waals surface area contributed by atoms with Crippen molar-refractivity contribution in [2.24, 2.45) is 5.41 Å². The highest BCUT2D eigenvalue weighted by Gasteiger charge is 2.34. The first kappa shape index (κ1) is 11.7. The number of nitrogens with zero attached hydrogens (tertiary/aromatic N) is 1. The van der Waals surface area contributed by atoms with E-state index in [2.05, 4.69) is 35.5 Å². The summed E-state index contributed by atoms with van der Waals surface area (Å²) >= 11 is 1.93. The molecule has 2 aliphatic rings.